The van der Waals surface area contributed by atoms with Gasteiger partial charge in [0.2, 0.25) is 0 Å². The standard InChI is InChI=1S/C34H36Cl2F2N4O3S.C2HF3O2/c1-34(2,21-5-10-27(35)30(15-21)45-4)31-18-39-33(41(31)25-8-6-22(37)7-9-25)46-20-26-28(36)16-24(17-29(26)38)40-23-11-13-42(3,14-12-23)19-32(43)44;3-2(4,5)1(6)7/h5-10,15-18,23,40H,11-14,19-20H2,1-4H3;(H,6,7). The molecule has 0 amide bonds. The number of methoxy groups -OCH3 is 1. The third-order valence-electron chi connectivity index (χ3n) is 8.97. The van der Waals surface area contributed by atoms with Gasteiger partial charge in [0, 0.05) is 52.0 Å². The van der Waals surface area contributed by atoms with Gasteiger partial charge in [0.25, 0.3) is 0 Å². The molecule has 1 aliphatic rings. The highest BCUT2D eigenvalue weighted by Gasteiger charge is 2.33. The number of anilines is 1. The molecule has 0 saturated carbocycles. The van der Waals surface area contributed by atoms with Crippen molar-refractivity contribution < 1.29 is 51.0 Å². The minimum atomic E-state index is -5.19. The van der Waals surface area contributed by atoms with Crippen LogP contribution in [-0.4, -0.2) is 77.1 Å². The number of quaternary nitrogens is 1. The minimum Gasteiger partial charge on any atom is -0.542 e. The van der Waals surface area contributed by atoms with Crippen LogP contribution in [0.15, 0.2) is 66.0 Å². The van der Waals surface area contributed by atoms with Gasteiger partial charge in [0.15, 0.2) is 11.7 Å². The number of aromatic nitrogens is 2. The number of benzene rings is 3. The summed E-state index contributed by atoms with van der Waals surface area (Å²) in [4.78, 5) is 24.7. The van der Waals surface area contributed by atoms with Gasteiger partial charge in [-0.05, 0) is 54.1 Å². The Labute approximate surface area is 317 Å². The average molecular weight is 804 g/mol. The van der Waals surface area contributed by atoms with Crippen LogP contribution in [0.1, 0.15) is 43.5 Å². The predicted molar refractivity (Wildman–Crippen MR) is 191 cm³/mol. The normalized spacial score (nSPS) is 17.5. The largest absolute Gasteiger partial charge is 0.542 e. The van der Waals surface area contributed by atoms with Crippen LogP contribution in [0.4, 0.5) is 27.6 Å². The Morgan fingerprint density at radius 1 is 1.06 bits per heavy atom. The number of nitrogens with one attached hydrogen (secondary N) is 1. The lowest BCUT2D eigenvalue weighted by Crippen LogP contribution is -2.54. The second-order valence-electron chi connectivity index (χ2n) is 13.2. The molecule has 0 unspecified atom stereocenters. The highest BCUT2D eigenvalue weighted by molar-refractivity contribution is 7.98. The Bertz CT molecular complexity index is 1910. The molecule has 2 heterocycles. The van der Waals surface area contributed by atoms with E-state index < -0.39 is 29.3 Å². The number of likely N-dealkylation sites (tertiary alicyclic amines) is 1. The molecule has 2 N–H and O–H groups in total. The van der Waals surface area contributed by atoms with Crippen LogP contribution >= 0.6 is 35.0 Å². The fraction of sp³-hybridized carbons (Fsp3) is 0.361. The Kier molecular flexibility index (Phi) is 13.3. The first-order valence-electron chi connectivity index (χ1n) is 16.1. The van der Waals surface area contributed by atoms with Crippen molar-refractivity contribution in [2.75, 3.05) is 39.1 Å². The molecule has 5 rings (SSSR count). The van der Waals surface area contributed by atoms with Crippen molar-refractivity contribution in [2.45, 2.75) is 55.2 Å². The second-order valence-corrected chi connectivity index (χ2v) is 15.0. The monoisotopic (exact) mass is 802 g/mol. The van der Waals surface area contributed by atoms with Crippen molar-refractivity contribution in [1.29, 1.82) is 0 Å². The van der Waals surface area contributed by atoms with Crippen LogP contribution in [0, 0.1) is 11.6 Å². The number of alkyl halides is 3. The number of thioether (sulfide) groups is 1. The quantitative estimate of drug-likeness (QED) is 0.0912. The molecule has 17 heteroatoms. The molecule has 1 aromatic heterocycles. The second kappa shape index (κ2) is 17.0. The van der Waals surface area contributed by atoms with E-state index in [1.165, 1.54) is 30.0 Å². The zero-order valence-corrected chi connectivity index (χ0v) is 31.4. The minimum absolute atomic E-state index is 0.0911. The van der Waals surface area contributed by atoms with E-state index in [4.69, 9.17) is 42.8 Å². The van der Waals surface area contributed by atoms with Gasteiger partial charge in [-0.25, -0.2) is 18.6 Å². The molecule has 1 fully saturated rings. The van der Waals surface area contributed by atoms with E-state index in [9.17, 15) is 27.5 Å². The molecule has 0 bridgehead atoms. The number of carbonyl (C=O) groups is 2. The number of hydrogen-bond donors (Lipinski definition) is 2. The van der Waals surface area contributed by atoms with E-state index in [1.807, 2.05) is 23.7 Å². The number of aliphatic carboxylic acids is 2. The lowest BCUT2D eigenvalue weighted by molar-refractivity contribution is -0.907. The van der Waals surface area contributed by atoms with Crippen LogP contribution < -0.4 is 15.2 Å². The van der Waals surface area contributed by atoms with Crippen LogP contribution in [0.5, 0.6) is 5.75 Å². The fourth-order valence-electron chi connectivity index (χ4n) is 5.93. The number of carboxylic acid groups (broad SMARTS) is 2. The molecule has 286 valence electrons. The van der Waals surface area contributed by atoms with Gasteiger partial charge in [-0.3, -0.25) is 4.57 Å². The number of nitrogens with zero attached hydrogens (tertiary/aromatic N) is 3. The lowest BCUT2D eigenvalue weighted by Gasteiger charge is -2.39. The zero-order valence-electron chi connectivity index (χ0n) is 29.1. The number of halogens is 7. The van der Waals surface area contributed by atoms with Gasteiger partial charge >= 0.3 is 12.1 Å². The molecule has 0 spiro atoms. The third kappa shape index (κ3) is 10.6. The lowest BCUT2D eigenvalue weighted by atomic mass is 9.81. The smallest absolute Gasteiger partial charge is 0.430 e. The topological polar surface area (TPSA) is 117 Å². The van der Waals surface area contributed by atoms with Crippen molar-refractivity contribution in [1.82, 2.24) is 9.55 Å². The summed E-state index contributed by atoms with van der Waals surface area (Å²) in [6, 6.07) is 15.1. The van der Waals surface area contributed by atoms with Crippen molar-refractivity contribution >= 4 is 52.6 Å². The van der Waals surface area contributed by atoms with Gasteiger partial charge in [-0.2, -0.15) is 13.2 Å². The number of likely N-dealkylation sites (N-methyl/N-ethyl adjacent to an activating group) is 1. The van der Waals surface area contributed by atoms with Gasteiger partial charge in [-0.1, -0.05) is 54.9 Å². The summed E-state index contributed by atoms with van der Waals surface area (Å²) in [7, 11) is 3.52. The molecule has 0 radical (unpaired) electrons. The van der Waals surface area contributed by atoms with Crippen LogP contribution in [0.25, 0.3) is 5.69 Å². The summed E-state index contributed by atoms with van der Waals surface area (Å²) in [5, 5.41) is 22.8. The van der Waals surface area contributed by atoms with Gasteiger partial charge in [0.05, 0.1) is 44.2 Å². The summed E-state index contributed by atoms with van der Waals surface area (Å²) in [5.74, 6) is -3.83. The van der Waals surface area contributed by atoms with E-state index >= 15 is 4.39 Å². The predicted octanol–water partition coefficient (Wildman–Crippen LogP) is 7.49. The molecule has 4 aromatic rings. The number of piperidine rings is 1. The summed E-state index contributed by atoms with van der Waals surface area (Å²) >= 11 is 14.3. The van der Waals surface area contributed by atoms with Crippen LogP contribution in [-0.2, 0) is 20.8 Å². The highest BCUT2D eigenvalue weighted by atomic mass is 35.5. The van der Waals surface area contributed by atoms with Crippen LogP contribution in [0.3, 0.4) is 0 Å². The fourth-order valence-corrected chi connectivity index (χ4v) is 7.51. The molecule has 9 nitrogen and oxygen atoms in total. The molecule has 1 saturated heterocycles. The Balaban J connectivity index is 0.000000815. The Morgan fingerprint density at radius 3 is 2.23 bits per heavy atom. The molecule has 0 aliphatic carbocycles. The Morgan fingerprint density at radius 2 is 1.68 bits per heavy atom. The zero-order chi connectivity index (χ0) is 39.3. The SMILES string of the molecule is COc1cc(C(C)(C)c2cnc(SCc3c(F)cc(NC4CC[N+](C)(CC(=O)O)CC4)cc3Cl)n2-c2ccc(F)cc2)ccc1Cl.O=C([O-])C(F)(F)F. The van der Waals surface area contributed by atoms with E-state index in [0.717, 1.165) is 37.2 Å². The van der Waals surface area contributed by atoms with Gasteiger partial charge in [-0.15, -0.1) is 0 Å². The molecule has 53 heavy (non-hydrogen) atoms. The van der Waals surface area contributed by atoms with E-state index in [0.29, 0.717) is 42.4 Å². The van der Waals surface area contributed by atoms with Crippen LogP contribution in [0.2, 0.25) is 10.0 Å². The number of carboxylic acids is 2. The first-order chi connectivity index (χ1) is 24.7. The Hall–Kier alpha value is -4.05. The molecular formula is C36H37Cl2F5N4O5S. The maximum Gasteiger partial charge on any atom is 0.430 e. The number of ether oxygens (including phenoxy) is 1. The average Bonchev–Trinajstić information content (AvgIpc) is 3.50. The maximum atomic E-state index is 15.5. The number of imidazole rings is 1. The van der Waals surface area contributed by atoms with E-state index in [2.05, 4.69) is 19.2 Å². The molecule has 3 aromatic carbocycles. The van der Waals surface area contributed by atoms with Gasteiger partial charge in [0.1, 0.15) is 23.4 Å². The van der Waals surface area contributed by atoms with Crippen molar-refractivity contribution in [2.24, 2.45) is 0 Å². The maximum absolute atomic E-state index is 15.5. The summed E-state index contributed by atoms with van der Waals surface area (Å²) in [5.41, 5.74) is 2.85. The number of hydrogen-bond acceptors (Lipinski definition) is 7. The first kappa shape index (κ1) is 41.7. The van der Waals surface area contributed by atoms with Crippen molar-refractivity contribution in [3.8, 4) is 11.4 Å². The highest BCUT2D eigenvalue weighted by Crippen LogP contribution is 2.40. The van der Waals surface area contributed by atoms with E-state index in [-0.39, 0.29) is 24.2 Å². The molecular weight excluding hydrogens is 766 g/mol. The summed E-state index contributed by atoms with van der Waals surface area (Å²) in [6.07, 6.45) is -1.87. The van der Waals surface area contributed by atoms with E-state index in [1.54, 1.807) is 37.6 Å². The van der Waals surface area contributed by atoms with Crippen molar-refractivity contribution in [3.63, 3.8) is 0 Å². The first-order valence-corrected chi connectivity index (χ1v) is 17.9. The summed E-state index contributed by atoms with van der Waals surface area (Å²) in [6.45, 7) is 5.65. The summed E-state index contributed by atoms with van der Waals surface area (Å²) < 4.78 is 68.9. The third-order valence-corrected chi connectivity index (χ3v) is 10.6. The van der Waals surface area contributed by atoms with Crippen molar-refractivity contribution in [3.05, 3.63) is 99.3 Å². The molecule has 1 aliphatic heterocycles. The van der Waals surface area contributed by atoms with Gasteiger partial charge < -0.3 is 29.5 Å². The number of carbonyl (C=O) groups excluding carboxylic acids is 1. The molecule has 0 atom stereocenters. The number of rotatable bonds is 11.